The molecule has 1 nitrogen and oxygen atoms in total. The van der Waals surface area contributed by atoms with Crippen molar-refractivity contribution in [3.05, 3.63) is 11.6 Å². The van der Waals surface area contributed by atoms with Crippen LogP contribution >= 0.6 is 0 Å². The van der Waals surface area contributed by atoms with E-state index in [9.17, 15) is 0 Å². The van der Waals surface area contributed by atoms with Crippen molar-refractivity contribution in [3.63, 3.8) is 0 Å². The molecule has 0 aromatic rings. The van der Waals surface area contributed by atoms with Gasteiger partial charge < -0.3 is 5.32 Å². The van der Waals surface area contributed by atoms with E-state index < -0.39 is 0 Å². The molecule has 0 heterocycles. The largest absolute Gasteiger partial charge is 0.308 e. The SMILES string of the molecule is CC1CCCC(/C=C(/CNC(C)(C)C)C(C)C)C1. The fourth-order valence-corrected chi connectivity index (χ4v) is 2.76. The summed E-state index contributed by atoms with van der Waals surface area (Å²) in [6.07, 6.45) is 8.23. The molecule has 18 heavy (non-hydrogen) atoms. The Morgan fingerprint density at radius 1 is 1.28 bits per heavy atom. The fraction of sp³-hybridized carbons (Fsp3) is 0.882. The van der Waals surface area contributed by atoms with Gasteiger partial charge in [0.25, 0.3) is 0 Å². The van der Waals surface area contributed by atoms with Crippen molar-refractivity contribution >= 4 is 0 Å². The maximum Gasteiger partial charge on any atom is 0.0172 e. The Kier molecular flexibility index (Phi) is 5.91. The summed E-state index contributed by atoms with van der Waals surface area (Å²) in [5, 5.41) is 3.64. The van der Waals surface area contributed by atoms with Crippen molar-refractivity contribution in [2.24, 2.45) is 17.8 Å². The highest BCUT2D eigenvalue weighted by Crippen LogP contribution is 2.31. The molecule has 0 aliphatic heterocycles. The highest BCUT2D eigenvalue weighted by molar-refractivity contribution is 5.10. The summed E-state index contributed by atoms with van der Waals surface area (Å²) in [6, 6.07) is 0. The fourth-order valence-electron chi connectivity index (χ4n) is 2.76. The Balaban J connectivity index is 2.60. The first kappa shape index (κ1) is 15.8. The smallest absolute Gasteiger partial charge is 0.0172 e. The van der Waals surface area contributed by atoms with Gasteiger partial charge in [0.2, 0.25) is 0 Å². The van der Waals surface area contributed by atoms with Crippen LogP contribution in [0.1, 0.15) is 67.2 Å². The van der Waals surface area contributed by atoms with E-state index in [0.29, 0.717) is 5.92 Å². The second-order valence-electron chi connectivity index (χ2n) is 7.53. The molecule has 0 radical (unpaired) electrons. The van der Waals surface area contributed by atoms with Crippen LogP contribution in [0.3, 0.4) is 0 Å². The van der Waals surface area contributed by atoms with Gasteiger partial charge in [-0.1, -0.05) is 45.3 Å². The lowest BCUT2D eigenvalue weighted by Gasteiger charge is -2.27. The maximum absolute atomic E-state index is 3.64. The first-order valence-corrected chi connectivity index (χ1v) is 7.73. The Bertz CT molecular complexity index is 270. The maximum atomic E-state index is 3.64. The minimum absolute atomic E-state index is 0.216. The molecule has 1 heteroatoms. The molecule has 1 aliphatic carbocycles. The summed E-state index contributed by atoms with van der Waals surface area (Å²) >= 11 is 0. The van der Waals surface area contributed by atoms with Crippen LogP contribution in [-0.4, -0.2) is 12.1 Å². The lowest BCUT2D eigenvalue weighted by Crippen LogP contribution is -2.37. The molecule has 1 N–H and O–H groups in total. The molecule has 2 unspecified atom stereocenters. The van der Waals surface area contributed by atoms with Gasteiger partial charge in [-0.15, -0.1) is 0 Å². The second-order valence-corrected chi connectivity index (χ2v) is 7.53. The molecule has 1 fully saturated rings. The third-order valence-corrected chi connectivity index (χ3v) is 3.99. The molecule has 0 aromatic carbocycles. The van der Waals surface area contributed by atoms with Crippen molar-refractivity contribution in [2.75, 3.05) is 6.54 Å². The number of allylic oxidation sites excluding steroid dienone is 1. The van der Waals surface area contributed by atoms with E-state index in [0.717, 1.165) is 18.4 Å². The number of rotatable bonds is 4. The summed E-state index contributed by atoms with van der Waals surface area (Å²) in [4.78, 5) is 0. The van der Waals surface area contributed by atoms with Gasteiger partial charge in [-0.05, 0) is 51.4 Å². The van der Waals surface area contributed by atoms with E-state index in [4.69, 9.17) is 0 Å². The van der Waals surface area contributed by atoms with Crippen molar-refractivity contribution in [3.8, 4) is 0 Å². The highest BCUT2D eigenvalue weighted by Gasteiger charge is 2.19. The number of hydrogen-bond acceptors (Lipinski definition) is 1. The van der Waals surface area contributed by atoms with E-state index in [1.807, 2.05) is 0 Å². The molecule has 0 amide bonds. The van der Waals surface area contributed by atoms with Gasteiger partial charge >= 0.3 is 0 Å². The monoisotopic (exact) mass is 251 g/mol. The second kappa shape index (κ2) is 6.75. The third-order valence-electron chi connectivity index (χ3n) is 3.99. The first-order chi connectivity index (χ1) is 8.28. The van der Waals surface area contributed by atoms with E-state index >= 15 is 0 Å². The lowest BCUT2D eigenvalue weighted by molar-refractivity contribution is 0.322. The van der Waals surface area contributed by atoms with Crippen LogP contribution in [0, 0.1) is 17.8 Å². The first-order valence-electron chi connectivity index (χ1n) is 7.73. The summed E-state index contributed by atoms with van der Waals surface area (Å²) in [6.45, 7) is 14.8. The van der Waals surface area contributed by atoms with Gasteiger partial charge in [-0.25, -0.2) is 0 Å². The molecule has 2 atom stereocenters. The minimum Gasteiger partial charge on any atom is -0.308 e. The van der Waals surface area contributed by atoms with Crippen LogP contribution in [0.4, 0.5) is 0 Å². The summed E-state index contributed by atoms with van der Waals surface area (Å²) in [5.41, 5.74) is 1.82. The van der Waals surface area contributed by atoms with Crippen molar-refractivity contribution in [1.82, 2.24) is 5.32 Å². The Hall–Kier alpha value is -0.300. The molecule has 1 aliphatic rings. The van der Waals surface area contributed by atoms with Gasteiger partial charge in [0.15, 0.2) is 0 Å². The molecular weight excluding hydrogens is 218 g/mol. The van der Waals surface area contributed by atoms with E-state index in [2.05, 4.69) is 52.9 Å². The van der Waals surface area contributed by atoms with Gasteiger partial charge in [-0.2, -0.15) is 0 Å². The lowest BCUT2D eigenvalue weighted by atomic mass is 9.80. The van der Waals surface area contributed by atoms with E-state index in [1.54, 1.807) is 5.57 Å². The van der Waals surface area contributed by atoms with Crippen LogP contribution in [0.5, 0.6) is 0 Å². The molecule has 106 valence electrons. The summed E-state index contributed by atoms with van der Waals surface area (Å²) in [5.74, 6) is 2.41. The molecule has 0 saturated heterocycles. The van der Waals surface area contributed by atoms with Crippen molar-refractivity contribution in [1.29, 1.82) is 0 Å². The zero-order valence-electron chi connectivity index (χ0n) is 13.3. The molecule has 0 aromatic heterocycles. The molecule has 0 bridgehead atoms. The van der Waals surface area contributed by atoms with E-state index in [1.165, 1.54) is 25.7 Å². The molecule has 1 rings (SSSR count). The zero-order valence-corrected chi connectivity index (χ0v) is 13.3. The molecular formula is C17H33N. The van der Waals surface area contributed by atoms with Gasteiger partial charge in [0.05, 0.1) is 0 Å². The average Bonchev–Trinajstić information content (AvgIpc) is 2.22. The van der Waals surface area contributed by atoms with Crippen LogP contribution in [0.2, 0.25) is 0 Å². The Morgan fingerprint density at radius 3 is 2.44 bits per heavy atom. The number of nitrogens with one attached hydrogen (secondary N) is 1. The van der Waals surface area contributed by atoms with Crippen LogP contribution in [-0.2, 0) is 0 Å². The Labute approximate surface area is 114 Å². The predicted octanol–water partition coefficient (Wildman–Crippen LogP) is 4.78. The zero-order chi connectivity index (χ0) is 13.8. The van der Waals surface area contributed by atoms with Crippen LogP contribution < -0.4 is 5.32 Å². The normalized spacial score (nSPS) is 26.7. The van der Waals surface area contributed by atoms with Crippen LogP contribution in [0.25, 0.3) is 0 Å². The van der Waals surface area contributed by atoms with Gasteiger partial charge in [0, 0.05) is 12.1 Å². The average molecular weight is 251 g/mol. The standard InChI is InChI=1S/C17H33N/c1-13(2)16(12-18-17(4,5)6)11-15-9-7-8-14(3)10-15/h11,13-15,18H,7-10,12H2,1-6H3/b16-11-. The summed E-state index contributed by atoms with van der Waals surface area (Å²) in [7, 11) is 0. The molecule has 1 saturated carbocycles. The molecule has 0 spiro atoms. The highest BCUT2D eigenvalue weighted by atomic mass is 14.9. The minimum atomic E-state index is 0.216. The predicted molar refractivity (Wildman–Crippen MR) is 81.8 cm³/mol. The van der Waals surface area contributed by atoms with Crippen molar-refractivity contribution in [2.45, 2.75) is 72.8 Å². The quantitative estimate of drug-likeness (QED) is 0.709. The topological polar surface area (TPSA) is 12.0 Å². The van der Waals surface area contributed by atoms with Gasteiger partial charge in [0.1, 0.15) is 0 Å². The summed E-state index contributed by atoms with van der Waals surface area (Å²) < 4.78 is 0. The van der Waals surface area contributed by atoms with Crippen LogP contribution in [0.15, 0.2) is 11.6 Å². The number of hydrogen-bond donors (Lipinski definition) is 1. The third kappa shape index (κ3) is 6.04. The Morgan fingerprint density at radius 2 is 1.94 bits per heavy atom. The van der Waals surface area contributed by atoms with Crippen molar-refractivity contribution < 1.29 is 0 Å². The van der Waals surface area contributed by atoms with Gasteiger partial charge in [-0.3, -0.25) is 0 Å². The van der Waals surface area contributed by atoms with E-state index in [-0.39, 0.29) is 5.54 Å².